The summed E-state index contributed by atoms with van der Waals surface area (Å²) in [5.41, 5.74) is 1.48. The zero-order chi connectivity index (χ0) is 19.3. The van der Waals surface area contributed by atoms with E-state index in [4.69, 9.17) is 0 Å². The minimum atomic E-state index is -3.14. The molecule has 0 unspecified atom stereocenters. The van der Waals surface area contributed by atoms with Gasteiger partial charge in [-0.25, -0.2) is 9.97 Å². The van der Waals surface area contributed by atoms with Crippen molar-refractivity contribution < 1.29 is 18.4 Å². The van der Waals surface area contributed by atoms with E-state index in [0.29, 0.717) is 12.2 Å². The van der Waals surface area contributed by atoms with Crippen molar-refractivity contribution in [2.75, 3.05) is 6.54 Å². The van der Waals surface area contributed by atoms with Crippen LogP contribution in [0, 0.1) is 0 Å². The second-order valence-electron chi connectivity index (χ2n) is 6.86. The van der Waals surface area contributed by atoms with Gasteiger partial charge in [-0.15, -0.1) is 0 Å². The van der Waals surface area contributed by atoms with Crippen molar-refractivity contribution in [2.24, 2.45) is 0 Å². The Kier molecular flexibility index (Phi) is 5.88. The van der Waals surface area contributed by atoms with E-state index in [9.17, 15) is 18.4 Å². The number of carbonyl (C=O) groups excluding carboxylic acids is 2. The molecule has 3 rings (SSSR count). The van der Waals surface area contributed by atoms with E-state index in [1.165, 1.54) is 18.0 Å². The van der Waals surface area contributed by atoms with Gasteiger partial charge in [0.25, 0.3) is 5.91 Å². The maximum atomic E-state index is 12.2. The number of hydrogen-bond acceptors (Lipinski definition) is 4. The smallest absolute Gasteiger partial charge is 0.315 e. The van der Waals surface area contributed by atoms with Crippen molar-refractivity contribution in [1.29, 1.82) is 0 Å². The third-order valence-corrected chi connectivity index (χ3v) is 5.09. The van der Waals surface area contributed by atoms with Crippen molar-refractivity contribution in [3.05, 3.63) is 59.7 Å². The summed E-state index contributed by atoms with van der Waals surface area (Å²) in [6, 6.07) is 10.3. The quantitative estimate of drug-likeness (QED) is 0.757. The van der Waals surface area contributed by atoms with Gasteiger partial charge in [0, 0.05) is 24.2 Å². The molecular weight excluding hydrogens is 352 g/mol. The van der Waals surface area contributed by atoms with Gasteiger partial charge in [-0.2, -0.15) is 8.78 Å². The lowest BCUT2D eigenvalue weighted by molar-refractivity contribution is -0.131. The SMILES string of the molecule is O=C(CNC(=O)C(F)F)c1cnc(CC2(c3ccccc3)CCCC2)nc1. The van der Waals surface area contributed by atoms with Crippen LogP contribution in [0.15, 0.2) is 42.7 Å². The van der Waals surface area contributed by atoms with Gasteiger partial charge in [-0.05, 0) is 18.4 Å². The number of benzene rings is 1. The number of halogens is 2. The normalized spacial score (nSPS) is 15.7. The molecule has 1 aromatic heterocycles. The van der Waals surface area contributed by atoms with Gasteiger partial charge in [0.2, 0.25) is 0 Å². The third-order valence-electron chi connectivity index (χ3n) is 5.09. The highest BCUT2D eigenvalue weighted by atomic mass is 19.3. The molecular formula is C20H21F2N3O2. The van der Waals surface area contributed by atoms with Gasteiger partial charge >= 0.3 is 6.43 Å². The first-order valence-electron chi connectivity index (χ1n) is 8.96. The van der Waals surface area contributed by atoms with Crippen LogP contribution >= 0.6 is 0 Å². The number of rotatable bonds is 7. The molecule has 5 nitrogen and oxygen atoms in total. The summed E-state index contributed by atoms with van der Waals surface area (Å²) in [5, 5.41) is 1.89. The fourth-order valence-electron chi connectivity index (χ4n) is 3.65. The lowest BCUT2D eigenvalue weighted by atomic mass is 9.76. The van der Waals surface area contributed by atoms with Crippen molar-refractivity contribution >= 4 is 11.7 Å². The van der Waals surface area contributed by atoms with Gasteiger partial charge < -0.3 is 5.32 Å². The predicted octanol–water partition coefficient (Wildman–Crippen LogP) is 3.10. The standard InChI is InChI=1S/C20H21F2N3O2/c21-18(22)19(27)25-13-16(26)14-11-23-17(24-12-14)10-20(8-4-5-9-20)15-6-2-1-3-7-15/h1-3,6-7,11-12,18H,4-5,8-10,13H2,(H,25,27). The molecule has 1 amide bonds. The average Bonchev–Trinajstić information content (AvgIpc) is 3.16. The Hall–Kier alpha value is -2.70. The second kappa shape index (κ2) is 8.33. The summed E-state index contributed by atoms with van der Waals surface area (Å²) in [5.74, 6) is -1.32. The maximum Gasteiger partial charge on any atom is 0.315 e. The molecule has 1 saturated carbocycles. The molecule has 1 fully saturated rings. The van der Waals surface area contributed by atoms with Gasteiger partial charge in [-0.1, -0.05) is 43.2 Å². The highest BCUT2D eigenvalue weighted by molar-refractivity contribution is 5.99. The first kappa shape index (κ1) is 19.1. The first-order valence-corrected chi connectivity index (χ1v) is 8.96. The molecule has 0 bridgehead atoms. The van der Waals surface area contributed by atoms with E-state index in [1.54, 1.807) is 0 Å². The minimum absolute atomic E-state index is 0.0119. The molecule has 1 aromatic carbocycles. The number of hydrogen-bond donors (Lipinski definition) is 1. The highest BCUT2D eigenvalue weighted by Crippen LogP contribution is 2.43. The topological polar surface area (TPSA) is 72.0 Å². The number of nitrogens with one attached hydrogen (secondary N) is 1. The zero-order valence-corrected chi connectivity index (χ0v) is 14.8. The van der Waals surface area contributed by atoms with Crippen LogP contribution in [-0.4, -0.2) is 34.6 Å². The highest BCUT2D eigenvalue weighted by Gasteiger charge is 2.36. The molecule has 1 aliphatic carbocycles. The van der Waals surface area contributed by atoms with E-state index in [0.717, 1.165) is 25.7 Å². The number of carbonyl (C=O) groups is 2. The fourth-order valence-corrected chi connectivity index (χ4v) is 3.65. The summed E-state index contributed by atoms with van der Waals surface area (Å²) in [7, 11) is 0. The van der Waals surface area contributed by atoms with E-state index >= 15 is 0 Å². The molecule has 1 aliphatic rings. The molecule has 1 heterocycles. The monoisotopic (exact) mass is 373 g/mol. The Morgan fingerprint density at radius 2 is 1.70 bits per heavy atom. The summed E-state index contributed by atoms with van der Waals surface area (Å²) >= 11 is 0. The van der Waals surface area contributed by atoms with Crippen LogP contribution in [0.1, 0.15) is 47.4 Å². The average molecular weight is 373 g/mol. The van der Waals surface area contributed by atoms with E-state index in [2.05, 4.69) is 22.1 Å². The lowest BCUT2D eigenvalue weighted by Gasteiger charge is -2.29. The predicted molar refractivity (Wildman–Crippen MR) is 95.7 cm³/mol. The number of alkyl halides is 2. The Labute approximate surface area is 156 Å². The summed E-state index contributed by atoms with van der Waals surface area (Å²) in [6.45, 7) is -0.500. The first-order chi connectivity index (χ1) is 13.0. The van der Waals surface area contributed by atoms with E-state index < -0.39 is 24.7 Å². The summed E-state index contributed by atoms with van der Waals surface area (Å²) in [6.07, 6.45) is 4.80. The van der Waals surface area contributed by atoms with Gasteiger partial charge in [0.05, 0.1) is 12.1 Å². The second-order valence-corrected chi connectivity index (χ2v) is 6.86. The van der Waals surface area contributed by atoms with E-state index in [-0.39, 0.29) is 11.0 Å². The van der Waals surface area contributed by atoms with Crippen molar-refractivity contribution in [1.82, 2.24) is 15.3 Å². The van der Waals surface area contributed by atoms with Crippen LogP contribution in [0.3, 0.4) is 0 Å². The van der Waals surface area contributed by atoms with Crippen LogP contribution in [0.4, 0.5) is 8.78 Å². The number of aromatic nitrogens is 2. The van der Waals surface area contributed by atoms with Crippen LogP contribution in [-0.2, 0) is 16.6 Å². The van der Waals surface area contributed by atoms with E-state index in [1.807, 2.05) is 23.5 Å². The van der Waals surface area contributed by atoms with Gasteiger partial charge in [0.1, 0.15) is 5.82 Å². The lowest BCUT2D eigenvalue weighted by Crippen LogP contribution is -2.34. The molecule has 0 atom stereocenters. The van der Waals surface area contributed by atoms with Crippen LogP contribution < -0.4 is 5.32 Å². The summed E-state index contributed by atoms with van der Waals surface area (Å²) in [4.78, 5) is 31.4. The molecule has 7 heteroatoms. The molecule has 1 N–H and O–H groups in total. The largest absolute Gasteiger partial charge is 0.344 e. The van der Waals surface area contributed by atoms with Crippen LogP contribution in [0.25, 0.3) is 0 Å². The number of amides is 1. The molecule has 2 aromatic rings. The Bertz CT molecular complexity index is 789. The summed E-state index contributed by atoms with van der Waals surface area (Å²) < 4.78 is 24.3. The number of nitrogens with zero attached hydrogens (tertiary/aromatic N) is 2. The molecule has 27 heavy (non-hydrogen) atoms. The number of Topliss-reactive ketones (excluding diaryl/α,β-unsaturated/α-hetero) is 1. The van der Waals surface area contributed by atoms with Crippen molar-refractivity contribution in [3.8, 4) is 0 Å². The third kappa shape index (κ3) is 4.53. The van der Waals surface area contributed by atoms with Crippen molar-refractivity contribution in [3.63, 3.8) is 0 Å². The minimum Gasteiger partial charge on any atom is -0.344 e. The Morgan fingerprint density at radius 1 is 1.07 bits per heavy atom. The van der Waals surface area contributed by atoms with Crippen LogP contribution in [0.5, 0.6) is 0 Å². The molecule has 0 aliphatic heterocycles. The fraction of sp³-hybridized carbons (Fsp3) is 0.400. The molecule has 0 spiro atoms. The van der Waals surface area contributed by atoms with Gasteiger partial charge in [0.15, 0.2) is 5.78 Å². The van der Waals surface area contributed by atoms with Crippen molar-refractivity contribution in [2.45, 2.75) is 43.9 Å². The Morgan fingerprint density at radius 3 is 2.30 bits per heavy atom. The molecule has 0 radical (unpaired) electrons. The molecule has 142 valence electrons. The molecule has 0 saturated heterocycles. The Balaban J connectivity index is 1.68. The van der Waals surface area contributed by atoms with Gasteiger partial charge in [-0.3, -0.25) is 9.59 Å². The van der Waals surface area contributed by atoms with Crippen LogP contribution in [0.2, 0.25) is 0 Å². The zero-order valence-electron chi connectivity index (χ0n) is 14.8. The number of ketones is 1. The maximum absolute atomic E-state index is 12.2.